The standard InChI is InChI=1S/C36H41F3/c1-4-5-25-18-20-36(3,21-19-25)31-15-12-28(13-16-31)32-17-14-29(23-33(32)37)27-10-7-26(8-11-27)22-30-9-6-24(2)34(38)35(30)39/h4-11,14,17,23,25,28,31H,12-13,15-16,18-22H2,1-3H3/b5-4+. The molecule has 0 saturated heterocycles. The first-order chi connectivity index (χ1) is 18.8. The summed E-state index contributed by atoms with van der Waals surface area (Å²) in [4.78, 5) is 0. The van der Waals surface area contributed by atoms with Gasteiger partial charge in [-0.05, 0) is 128 Å². The predicted molar refractivity (Wildman–Crippen MR) is 155 cm³/mol. The van der Waals surface area contributed by atoms with E-state index in [0.717, 1.165) is 46.9 Å². The van der Waals surface area contributed by atoms with Crippen molar-refractivity contribution < 1.29 is 13.2 Å². The Bertz CT molecular complexity index is 1300. The van der Waals surface area contributed by atoms with Gasteiger partial charge in [0.2, 0.25) is 0 Å². The molecule has 2 aliphatic carbocycles. The van der Waals surface area contributed by atoms with Crippen molar-refractivity contribution in [3.8, 4) is 11.1 Å². The van der Waals surface area contributed by atoms with Gasteiger partial charge in [0.15, 0.2) is 11.6 Å². The molecule has 0 heterocycles. The molecule has 0 nitrogen and oxygen atoms in total. The minimum Gasteiger partial charge on any atom is -0.207 e. The highest BCUT2D eigenvalue weighted by Gasteiger charge is 2.39. The molecule has 3 aromatic rings. The van der Waals surface area contributed by atoms with Crippen LogP contribution in [0.2, 0.25) is 0 Å². The fourth-order valence-electron chi connectivity index (χ4n) is 7.17. The molecule has 0 N–H and O–H groups in total. The maximum absolute atomic E-state index is 15.4. The average molecular weight is 531 g/mol. The van der Waals surface area contributed by atoms with Crippen LogP contribution >= 0.6 is 0 Å². The Balaban J connectivity index is 1.21. The first-order valence-electron chi connectivity index (χ1n) is 14.7. The van der Waals surface area contributed by atoms with Gasteiger partial charge < -0.3 is 0 Å². The summed E-state index contributed by atoms with van der Waals surface area (Å²) >= 11 is 0. The molecule has 0 aromatic heterocycles. The SMILES string of the molecule is C/C=C/C1CCC(C)(C2CCC(c3ccc(-c4ccc(Cc5ccc(C)c(F)c5F)cc4)cc3F)CC2)CC1. The lowest BCUT2D eigenvalue weighted by molar-refractivity contribution is 0.0707. The molecule has 0 aliphatic heterocycles. The van der Waals surface area contributed by atoms with Crippen molar-refractivity contribution in [2.24, 2.45) is 17.3 Å². The zero-order chi connectivity index (χ0) is 27.6. The Labute approximate surface area is 232 Å². The van der Waals surface area contributed by atoms with E-state index in [1.807, 2.05) is 36.4 Å². The molecular formula is C36H41F3. The first kappa shape index (κ1) is 27.7. The minimum atomic E-state index is -0.783. The summed E-state index contributed by atoms with van der Waals surface area (Å²) < 4.78 is 43.6. The van der Waals surface area contributed by atoms with E-state index < -0.39 is 11.6 Å². The normalized spacial score (nSPS) is 25.7. The number of allylic oxidation sites excluding steroid dienone is 2. The van der Waals surface area contributed by atoms with Crippen LogP contribution in [0.25, 0.3) is 11.1 Å². The highest BCUT2D eigenvalue weighted by atomic mass is 19.2. The molecular weight excluding hydrogens is 489 g/mol. The molecule has 3 aromatic carbocycles. The molecule has 39 heavy (non-hydrogen) atoms. The van der Waals surface area contributed by atoms with Gasteiger partial charge in [-0.15, -0.1) is 0 Å². The van der Waals surface area contributed by atoms with E-state index in [4.69, 9.17) is 0 Å². The molecule has 2 fully saturated rings. The second-order valence-corrected chi connectivity index (χ2v) is 12.3. The van der Waals surface area contributed by atoms with E-state index in [9.17, 15) is 8.78 Å². The van der Waals surface area contributed by atoms with E-state index >= 15 is 4.39 Å². The number of aryl methyl sites for hydroxylation is 1. The lowest BCUT2D eigenvalue weighted by atomic mass is 9.60. The molecule has 3 heteroatoms. The molecule has 0 radical (unpaired) electrons. The van der Waals surface area contributed by atoms with Crippen LogP contribution in [-0.4, -0.2) is 0 Å². The second kappa shape index (κ2) is 11.7. The Hall–Kier alpha value is -2.81. The van der Waals surface area contributed by atoms with Gasteiger partial charge in [-0.25, -0.2) is 13.2 Å². The summed E-state index contributed by atoms with van der Waals surface area (Å²) in [6.07, 6.45) is 14.7. The van der Waals surface area contributed by atoms with Gasteiger partial charge in [-0.2, -0.15) is 0 Å². The molecule has 0 atom stereocenters. The van der Waals surface area contributed by atoms with E-state index in [2.05, 4.69) is 26.0 Å². The lowest BCUT2D eigenvalue weighted by Crippen LogP contribution is -2.34. The predicted octanol–water partition coefficient (Wildman–Crippen LogP) is 10.7. The number of hydrogen-bond acceptors (Lipinski definition) is 0. The third kappa shape index (κ3) is 6.03. The topological polar surface area (TPSA) is 0 Å². The van der Waals surface area contributed by atoms with Crippen LogP contribution in [0.15, 0.2) is 66.7 Å². The maximum Gasteiger partial charge on any atom is 0.162 e. The molecule has 0 unspecified atom stereocenters. The number of rotatable bonds is 6. The lowest BCUT2D eigenvalue weighted by Gasteiger charge is -2.45. The largest absolute Gasteiger partial charge is 0.207 e. The van der Waals surface area contributed by atoms with Crippen LogP contribution in [0.1, 0.15) is 93.4 Å². The van der Waals surface area contributed by atoms with Crippen LogP contribution in [0.5, 0.6) is 0 Å². The first-order valence-corrected chi connectivity index (χ1v) is 14.7. The summed E-state index contributed by atoms with van der Waals surface area (Å²) in [5.41, 5.74) is 4.59. The summed E-state index contributed by atoms with van der Waals surface area (Å²) in [7, 11) is 0. The smallest absolute Gasteiger partial charge is 0.162 e. The van der Waals surface area contributed by atoms with Gasteiger partial charge in [0, 0.05) is 6.42 Å². The maximum atomic E-state index is 15.4. The Morgan fingerprint density at radius 3 is 2.10 bits per heavy atom. The quantitative estimate of drug-likeness (QED) is 0.278. The van der Waals surface area contributed by atoms with Gasteiger partial charge >= 0.3 is 0 Å². The van der Waals surface area contributed by atoms with Gasteiger partial charge in [0.1, 0.15) is 5.82 Å². The highest BCUT2D eigenvalue weighted by molar-refractivity contribution is 5.64. The van der Waals surface area contributed by atoms with Crippen LogP contribution in [-0.2, 0) is 6.42 Å². The van der Waals surface area contributed by atoms with Gasteiger partial charge in [-0.3, -0.25) is 0 Å². The summed E-state index contributed by atoms with van der Waals surface area (Å²) in [6.45, 7) is 6.18. The second-order valence-electron chi connectivity index (χ2n) is 12.3. The van der Waals surface area contributed by atoms with Crippen LogP contribution < -0.4 is 0 Å². The van der Waals surface area contributed by atoms with Crippen LogP contribution in [0.4, 0.5) is 13.2 Å². The number of hydrogen-bond donors (Lipinski definition) is 0. The number of halogens is 3. The molecule has 206 valence electrons. The fourth-order valence-corrected chi connectivity index (χ4v) is 7.17. The molecule has 0 bridgehead atoms. The molecule has 2 aliphatic rings. The zero-order valence-corrected chi connectivity index (χ0v) is 23.6. The third-order valence-corrected chi connectivity index (χ3v) is 9.83. The average Bonchev–Trinajstić information content (AvgIpc) is 2.95. The third-order valence-electron chi connectivity index (χ3n) is 9.83. The molecule has 0 amide bonds. The van der Waals surface area contributed by atoms with Crippen molar-refractivity contribution in [1.29, 1.82) is 0 Å². The summed E-state index contributed by atoms with van der Waals surface area (Å²) in [5.74, 6) is 0.127. The van der Waals surface area contributed by atoms with Crippen molar-refractivity contribution in [2.75, 3.05) is 0 Å². The van der Waals surface area contributed by atoms with Crippen molar-refractivity contribution in [1.82, 2.24) is 0 Å². The zero-order valence-electron chi connectivity index (χ0n) is 23.6. The van der Waals surface area contributed by atoms with Crippen LogP contribution in [0, 0.1) is 41.6 Å². The van der Waals surface area contributed by atoms with Crippen LogP contribution in [0.3, 0.4) is 0 Å². The van der Waals surface area contributed by atoms with Gasteiger partial charge in [0.25, 0.3) is 0 Å². The van der Waals surface area contributed by atoms with Gasteiger partial charge in [-0.1, -0.05) is 67.6 Å². The molecule has 0 spiro atoms. The highest BCUT2D eigenvalue weighted by Crippen LogP contribution is 2.51. The molecule has 5 rings (SSSR count). The van der Waals surface area contributed by atoms with Crippen molar-refractivity contribution in [2.45, 2.75) is 84.5 Å². The number of benzene rings is 3. The Morgan fingerprint density at radius 2 is 1.46 bits per heavy atom. The van der Waals surface area contributed by atoms with E-state index in [1.165, 1.54) is 38.5 Å². The summed E-state index contributed by atoms with van der Waals surface area (Å²) in [6, 6.07) is 16.6. The Morgan fingerprint density at radius 1 is 0.795 bits per heavy atom. The van der Waals surface area contributed by atoms with Gasteiger partial charge in [0.05, 0.1) is 0 Å². The van der Waals surface area contributed by atoms with E-state index in [-0.39, 0.29) is 5.82 Å². The van der Waals surface area contributed by atoms with Crippen molar-refractivity contribution >= 4 is 0 Å². The van der Waals surface area contributed by atoms with Crippen molar-refractivity contribution in [3.05, 3.63) is 106 Å². The molecule has 2 saturated carbocycles. The van der Waals surface area contributed by atoms with E-state index in [0.29, 0.717) is 28.9 Å². The fraction of sp³-hybridized carbons (Fsp3) is 0.444. The Kier molecular flexibility index (Phi) is 8.35. The minimum absolute atomic E-state index is 0.115. The van der Waals surface area contributed by atoms with E-state index in [1.54, 1.807) is 25.1 Å². The van der Waals surface area contributed by atoms with Crippen molar-refractivity contribution in [3.63, 3.8) is 0 Å². The summed E-state index contributed by atoms with van der Waals surface area (Å²) in [5, 5.41) is 0. The monoisotopic (exact) mass is 530 g/mol.